The van der Waals surface area contributed by atoms with Gasteiger partial charge in [-0.2, -0.15) is 0 Å². The van der Waals surface area contributed by atoms with Gasteiger partial charge in [-0.15, -0.1) is 0 Å². The number of benzene rings is 1. The minimum absolute atomic E-state index is 0.150. The molecule has 1 rings (SSSR count). The Morgan fingerprint density at radius 1 is 1.15 bits per heavy atom. The Bertz CT molecular complexity index is 493. The largest absolute Gasteiger partial charge is 0.464 e. The van der Waals surface area contributed by atoms with Crippen molar-refractivity contribution in [2.24, 2.45) is 0 Å². The average molecular weight is 277 g/mol. The highest BCUT2D eigenvalue weighted by Gasteiger charge is 2.28. The highest BCUT2D eigenvalue weighted by Crippen LogP contribution is 2.04. The number of rotatable bonds is 6. The molecule has 5 nitrogen and oxygen atoms in total. The van der Waals surface area contributed by atoms with Crippen molar-refractivity contribution in [3.8, 4) is 0 Å². The molecule has 0 aliphatic rings. The van der Waals surface area contributed by atoms with Gasteiger partial charge in [0, 0.05) is 12.0 Å². The van der Waals surface area contributed by atoms with Crippen LogP contribution in [0.1, 0.15) is 36.2 Å². The lowest BCUT2D eigenvalue weighted by Crippen LogP contribution is -2.47. The Morgan fingerprint density at radius 2 is 1.75 bits per heavy atom. The Balaban J connectivity index is 2.83. The van der Waals surface area contributed by atoms with Crippen LogP contribution in [-0.2, 0) is 14.3 Å². The van der Waals surface area contributed by atoms with Crippen LogP contribution in [0.5, 0.6) is 0 Å². The molecule has 1 aromatic rings. The van der Waals surface area contributed by atoms with Gasteiger partial charge in [-0.25, -0.2) is 4.79 Å². The van der Waals surface area contributed by atoms with Crippen LogP contribution in [0.15, 0.2) is 24.3 Å². The minimum atomic E-state index is -1.24. The number of Topliss-reactive ketones (excluding diaryl/α,β-unsaturated/α-hetero) is 1. The summed E-state index contributed by atoms with van der Waals surface area (Å²) in [7, 11) is 0. The van der Waals surface area contributed by atoms with E-state index < -0.39 is 17.9 Å². The van der Waals surface area contributed by atoms with Gasteiger partial charge in [0.05, 0.1) is 6.61 Å². The van der Waals surface area contributed by atoms with Gasteiger partial charge in [-0.1, -0.05) is 24.6 Å². The van der Waals surface area contributed by atoms with Crippen LogP contribution in [0.3, 0.4) is 0 Å². The molecule has 0 aliphatic heterocycles. The van der Waals surface area contributed by atoms with Gasteiger partial charge in [-0.05, 0) is 26.0 Å². The third kappa shape index (κ3) is 4.19. The molecule has 0 aromatic heterocycles. The third-order valence-electron chi connectivity index (χ3n) is 2.78. The Hall–Kier alpha value is -2.17. The summed E-state index contributed by atoms with van der Waals surface area (Å²) in [6.45, 7) is 5.34. The van der Waals surface area contributed by atoms with Crippen molar-refractivity contribution in [3.05, 3.63) is 35.4 Å². The number of ether oxygens (including phenoxy) is 1. The fourth-order valence-electron chi connectivity index (χ4n) is 1.62. The molecular formula is C15H19NO4. The number of carbonyl (C=O) groups excluding carboxylic acids is 3. The van der Waals surface area contributed by atoms with Gasteiger partial charge in [0.2, 0.25) is 0 Å². The maximum absolute atomic E-state index is 12.0. The zero-order chi connectivity index (χ0) is 15.1. The first-order chi connectivity index (χ1) is 9.49. The van der Waals surface area contributed by atoms with Crippen LogP contribution in [0, 0.1) is 6.92 Å². The lowest BCUT2D eigenvalue weighted by atomic mass is 10.1. The van der Waals surface area contributed by atoms with Gasteiger partial charge in [0.25, 0.3) is 5.91 Å². The molecule has 0 saturated carbocycles. The van der Waals surface area contributed by atoms with Crippen molar-refractivity contribution in [1.29, 1.82) is 0 Å². The molecule has 20 heavy (non-hydrogen) atoms. The molecule has 1 amide bonds. The summed E-state index contributed by atoms with van der Waals surface area (Å²) in [5.41, 5.74) is 1.42. The molecule has 1 aromatic carbocycles. The molecule has 1 atom stereocenters. The van der Waals surface area contributed by atoms with Crippen LogP contribution in [0.25, 0.3) is 0 Å². The van der Waals surface area contributed by atoms with E-state index in [-0.39, 0.29) is 18.8 Å². The second-order valence-corrected chi connectivity index (χ2v) is 4.34. The van der Waals surface area contributed by atoms with Crippen molar-refractivity contribution in [3.63, 3.8) is 0 Å². The zero-order valence-corrected chi connectivity index (χ0v) is 11.9. The van der Waals surface area contributed by atoms with E-state index in [0.29, 0.717) is 5.56 Å². The van der Waals surface area contributed by atoms with E-state index in [1.807, 2.05) is 6.92 Å². The van der Waals surface area contributed by atoms with Crippen molar-refractivity contribution in [2.75, 3.05) is 6.61 Å². The number of carbonyl (C=O) groups is 3. The van der Waals surface area contributed by atoms with Crippen LogP contribution in [0.2, 0.25) is 0 Å². The normalized spacial score (nSPS) is 11.6. The molecule has 108 valence electrons. The van der Waals surface area contributed by atoms with E-state index in [4.69, 9.17) is 4.74 Å². The predicted octanol–water partition coefficient (Wildman–Crippen LogP) is 1.64. The summed E-state index contributed by atoms with van der Waals surface area (Å²) >= 11 is 0. The number of hydrogen-bond donors (Lipinski definition) is 1. The molecule has 0 fully saturated rings. The summed E-state index contributed by atoms with van der Waals surface area (Å²) in [6.07, 6.45) is 0.150. The molecule has 0 radical (unpaired) electrons. The fraction of sp³-hybridized carbons (Fsp3) is 0.400. The van der Waals surface area contributed by atoms with E-state index in [9.17, 15) is 14.4 Å². The smallest absolute Gasteiger partial charge is 0.336 e. The second-order valence-electron chi connectivity index (χ2n) is 4.34. The first-order valence-electron chi connectivity index (χ1n) is 6.56. The van der Waals surface area contributed by atoms with Gasteiger partial charge < -0.3 is 10.1 Å². The number of aryl methyl sites for hydroxylation is 1. The van der Waals surface area contributed by atoms with Gasteiger partial charge in [-0.3, -0.25) is 9.59 Å². The summed E-state index contributed by atoms with van der Waals surface area (Å²) in [5, 5.41) is 2.43. The molecule has 0 bridgehead atoms. The van der Waals surface area contributed by atoms with E-state index in [1.165, 1.54) is 0 Å². The van der Waals surface area contributed by atoms with E-state index in [1.54, 1.807) is 38.1 Å². The fourth-order valence-corrected chi connectivity index (χ4v) is 1.62. The van der Waals surface area contributed by atoms with E-state index in [2.05, 4.69) is 5.32 Å². The quantitative estimate of drug-likeness (QED) is 0.633. The number of amides is 1. The number of esters is 1. The molecule has 1 N–H and O–H groups in total. The minimum Gasteiger partial charge on any atom is -0.464 e. The lowest BCUT2D eigenvalue weighted by molar-refractivity contribution is -0.148. The van der Waals surface area contributed by atoms with E-state index >= 15 is 0 Å². The summed E-state index contributed by atoms with van der Waals surface area (Å²) < 4.78 is 4.81. The monoisotopic (exact) mass is 277 g/mol. The third-order valence-corrected chi connectivity index (χ3v) is 2.78. The van der Waals surface area contributed by atoms with Gasteiger partial charge in [0.1, 0.15) is 0 Å². The van der Waals surface area contributed by atoms with Crippen molar-refractivity contribution in [2.45, 2.75) is 33.2 Å². The average Bonchev–Trinajstić information content (AvgIpc) is 2.44. The van der Waals surface area contributed by atoms with E-state index in [0.717, 1.165) is 5.56 Å². The predicted molar refractivity (Wildman–Crippen MR) is 74.4 cm³/mol. The van der Waals surface area contributed by atoms with Crippen LogP contribution in [0.4, 0.5) is 0 Å². The Morgan fingerprint density at radius 3 is 2.25 bits per heavy atom. The maximum Gasteiger partial charge on any atom is 0.336 e. The summed E-state index contributed by atoms with van der Waals surface area (Å²) in [6, 6.07) is 5.62. The molecule has 0 spiro atoms. The lowest BCUT2D eigenvalue weighted by Gasteiger charge is -2.15. The highest BCUT2D eigenvalue weighted by atomic mass is 16.5. The Kier molecular flexibility index (Phi) is 5.90. The maximum atomic E-state index is 12.0. The van der Waals surface area contributed by atoms with Crippen molar-refractivity contribution < 1.29 is 19.1 Å². The molecule has 0 saturated heterocycles. The topological polar surface area (TPSA) is 72.5 Å². The molecule has 0 heterocycles. The zero-order valence-electron chi connectivity index (χ0n) is 11.9. The SMILES string of the molecule is CCOC(=O)C(NC(=O)c1ccc(C)cc1)C(=O)CC. The number of hydrogen-bond acceptors (Lipinski definition) is 4. The van der Waals surface area contributed by atoms with Crippen LogP contribution < -0.4 is 5.32 Å². The molecule has 5 heteroatoms. The Labute approximate surface area is 118 Å². The summed E-state index contributed by atoms with van der Waals surface area (Å²) in [4.78, 5) is 35.5. The highest BCUT2D eigenvalue weighted by molar-refractivity contribution is 6.08. The number of ketones is 1. The second kappa shape index (κ2) is 7.43. The van der Waals surface area contributed by atoms with Crippen molar-refractivity contribution >= 4 is 17.7 Å². The van der Waals surface area contributed by atoms with Crippen LogP contribution >= 0.6 is 0 Å². The number of nitrogens with one attached hydrogen (secondary N) is 1. The van der Waals surface area contributed by atoms with Crippen molar-refractivity contribution in [1.82, 2.24) is 5.32 Å². The molecule has 0 aliphatic carbocycles. The van der Waals surface area contributed by atoms with Gasteiger partial charge >= 0.3 is 5.97 Å². The molecular weight excluding hydrogens is 258 g/mol. The first-order valence-corrected chi connectivity index (χ1v) is 6.56. The van der Waals surface area contributed by atoms with Crippen LogP contribution in [-0.4, -0.2) is 30.3 Å². The summed E-state index contributed by atoms with van der Waals surface area (Å²) in [5.74, 6) is -1.56. The first kappa shape index (κ1) is 15.9. The molecule has 1 unspecified atom stereocenters. The van der Waals surface area contributed by atoms with Gasteiger partial charge in [0.15, 0.2) is 11.8 Å². The standard InChI is InChI=1S/C15H19NO4/c1-4-12(17)13(15(19)20-5-2)16-14(18)11-8-6-10(3)7-9-11/h6-9,13H,4-5H2,1-3H3,(H,16,18).